The van der Waals surface area contributed by atoms with Gasteiger partial charge in [0.15, 0.2) is 6.61 Å². The minimum atomic E-state index is -0.695. The Morgan fingerprint density at radius 1 is 1.10 bits per heavy atom. The molecule has 0 spiro atoms. The van der Waals surface area contributed by atoms with Gasteiger partial charge in [-0.2, -0.15) is 0 Å². The molecule has 4 aliphatic carbocycles. The van der Waals surface area contributed by atoms with Crippen molar-refractivity contribution < 1.29 is 23.9 Å². The minimum absolute atomic E-state index is 0.107. The molecule has 0 heterocycles. The lowest BCUT2D eigenvalue weighted by Crippen LogP contribution is -2.62. The molecule has 0 atom stereocenters. The predicted molar refractivity (Wildman–Crippen MR) is 105 cm³/mol. The average molecular weight is 401 g/mol. The smallest absolute Gasteiger partial charge is 0.321 e. The van der Waals surface area contributed by atoms with E-state index >= 15 is 0 Å². The van der Waals surface area contributed by atoms with Crippen LogP contribution in [0.4, 0.5) is 4.79 Å². The zero-order chi connectivity index (χ0) is 20.6. The Bertz CT molecular complexity index is 802. The maximum atomic E-state index is 12.4. The second-order valence-electron chi connectivity index (χ2n) is 8.72. The van der Waals surface area contributed by atoms with Crippen molar-refractivity contribution in [3.8, 4) is 11.5 Å². The van der Waals surface area contributed by atoms with Crippen LogP contribution >= 0.6 is 0 Å². The van der Waals surface area contributed by atoms with Crippen molar-refractivity contribution >= 4 is 17.8 Å². The van der Waals surface area contributed by atoms with E-state index in [1.54, 1.807) is 6.07 Å². The van der Waals surface area contributed by atoms with Crippen LogP contribution in [0.5, 0.6) is 11.5 Å². The van der Waals surface area contributed by atoms with Crippen LogP contribution < -0.4 is 25.8 Å². The maximum absolute atomic E-state index is 12.4. The van der Waals surface area contributed by atoms with Crippen molar-refractivity contribution in [1.29, 1.82) is 0 Å². The number of rotatable bonds is 6. The molecule has 0 unspecified atom stereocenters. The molecule has 1 aromatic rings. The van der Waals surface area contributed by atoms with Crippen LogP contribution in [0.3, 0.4) is 0 Å². The van der Waals surface area contributed by atoms with Crippen molar-refractivity contribution in [2.45, 2.75) is 44.1 Å². The van der Waals surface area contributed by atoms with E-state index in [-0.39, 0.29) is 16.9 Å². The fourth-order valence-corrected chi connectivity index (χ4v) is 5.80. The Kier molecular flexibility index (Phi) is 5.10. The van der Waals surface area contributed by atoms with E-state index < -0.39 is 24.5 Å². The van der Waals surface area contributed by atoms with Gasteiger partial charge in [0.05, 0.1) is 12.7 Å². The predicted octanol–water partition coefficient (Wildman–Crippen LogP) is 1.97. The molecule has 4 fully saturated rings. The average Bonchev–Trinajstić information content (AvgIpc) is 2.64. The van der Waals surface area contributed by atoms with Gasteiger partial charge in [0.25, 0.3) is 11.8 Å². The van der Waals surface area contributed by atoms with Crippen LogP contribution in [0.1, 0.15) is 48.9 Å². The van der Waals surface area contributed by atoms with Gasteiger partial charge in [0.2, 0.25) is 0 Å². The van der Waals surface area contributed by atoms with Crippen molar-refractivity contribution in [1.82, 2.24) is 10.6 Å². The van der Waals surface area contributed by atoms with E-state index in [9.17, 15) is 14.4 Å². The van der Waals surface area contributed by atoms with E-state index in [1.807, 2.05) is 0 Å². The number of nitrogens with one attached hydrogen (secondary N) is 2. The van der Waals surface area contributed by atoms with Gasteiger partial charge in [0.1, 0.15) is 11.5 Å². The highest BCUT2D eigenvalue weighted by molar-refractivity contribution is 5.97. The first-order chi connectivity index (χ1) is 13.9. The summed E-state index contributed by atoms with van der Waals surface area (Å²) in [7, 11) is 1.47. The lowest BCUT2D eigenvalue weighted by atomic mass is 9.53. The van der Waals surface area contributed by atoms with Crippen molar-refractivity contribution in [2.24, 2.45) is 23.5 Å². The van der Waals surface area contributed by atoms with E-state index in [1.165, 1.54) is 38.5 Å². The Morgan fingerprint density at radius 3 is 2.28 bits per heavy atom. The summed E-state index contributed by atoms with van der Waals surface area (Å²) in [5, 5.41) is 5.42. The summed E-state index contributed by atoms with van der Waals surface area (Å²) < 4.78 is 10.5. The van der Waals surface area contributed by atoms with Gasteiger partial charge >= 0.3 is 6.03 Å². The van der Waals surface area contributed by atoms with Crippen LogP contribution in [-0.2, 0) is 4.79 Å². The molecular weight excluding hydrogens is 374 g/mol. The van der Waals surface area contributed by atoms with E-state index in [2.05, 4.69) is 10.6 Å². The lowest BCUT2D eigenvalue weighted by molar-refractivity contribution is -0.122. The number of imide groups is 1. The zero-order valence-electron chi connectivity index (χ0n) is 16.5. The number of carbonyl (C=O) groups is 3. The number of benzene rings is 1. The highest BCUT2D eigenvalue weighted by Crippen LogP contribution is 2.55. The monoisotopic (exact) mass is 401 g/mol. The number of hydrogen-bond donors (Lipinski definition) is 3. The lowest BCUT2D eigenvalue weighted by Gasteiger charge is -2.56. The fraction of sp³-hybridized carbons (Fsp3) is 0.571. The third-order valence-electron chi connectivity index (χ3n) is 6.48. The van der Waals surface area contributed by atoms with Gasteiger partial charge < -0.3 is 20.5 Å². The molecule has 4 N–H and O–H groups in total. The molecule has 0 aliphatic heterocycles. The quantitative estimate of drug-likeness (QED) is 0.673. The number of primary amides is 1. The molecule has 4 amide bonds. The molecule has 0 radical (unpaired) electrons. The standard InChI is InChI=1S/C21H27N3O5/c1-28-15-2-3-17(16(7-15)19(22)26)29-11-18(25)23-20(27)24-21-8-12-4-13(9-21)6-14(5-12)10-21/h2-3,7,12-14H,4-6,8-11H2,1H3,(H2,22,26)(H2,23,24,25,27). The summed E-state index contributed by atoms with van der Waals surface area (Å²) in [6.07, 6.45) is 6.85. The molecule has 1 aromatic carbocycles. The second kappa shape index (κ2) is 7.57. The second-order valence-corrected chi connectivity index (χ2v) is 8.72. The van der Waals surface area contributed by atoms with Gasteiger partial charge in [-0.3, -0.25) is 14.9 Å². The number of urea groups is 1. The summed E-state index contributed by atoms with van der Waals surface area (Å²) in [6, 6.07) is 4.06. The Labute approximate surface area is 169 Å². The zero-order valence-corrected chi connectivity index (χ0v) is 16.5. The summed E-state index contributed by atoms with van der Waals surface area (Å²) in [5.74, 6) is 1.42. The minimum Gasteiger partial charge on any atom is -0.497 e. The van der Waals surface area contributed by atoms with Crippen molar-refractivity contribution in [3.63, 3.8) is 0 Å². The van der Waals surface area contributed by atoms with E-state index in [0.717, 1.165) is 19.3 Å². The number of hydrogen-bond acceptors (Lipinski definition) is 5. The number of nitrogens with two attached hydrogens (primary N) is 1. The molecular formula is C21H27N3O5. The molecule has 0 saturated heterocycles. The number of ether oxygens (including phenoxy) is 2. The number of carbonyl (C=O) groups excluding carboxylic acids is 3. The van der Waals surface area contributed by atoms with Crippen LogP contribution in [0.25, 0.3) is 0 Å². The van der Waals surface area contributed by atoms with Crippen LogP contribution in [0, 0.1) is 17.8 Å². The molecule has 4 aliphatic rings. The van der Waals surface area contributed by atoms with E-state index in [0.29, 0.717) is 23.5 Å². The van der Waals surface area contributed by atoms with Gasteiger partial charge in [-0.1, -0.05) is 0 Å². The highest BCUT2D eigenvalue weighted by atomic mass is 16.5. The Morgan fingerprint density at radius 2 is 1.72 bits per heavy atom. The van der Waals surface area contributed by atoms with Crippen molar-refractivity contribution in [3.05, 3.63) is 23.8 Å². The highest BCUT2D eigenvalue weighted by Gasteiger charge is 2.51. The van der Waals surface area contributed by atoms with Crippen LogP contribution in [0.15, 0.2) is 18.2 Å². The van der Waals surface area contributed by atoms with Gasteiger partial charge in [-0.25, -0.2) is 4.79 Å². The van der Waals surface area contributed by atoms with Crippen molar-refractivity contribution in [2.75, 3.05) is 13.7 Å². The molecule has 156 valence electrons. The molecule has 8 nitrogen and oxygen atoms in total. The maximum Gasteiger partial charge on any atom is 0.321 e. The summed E-state index contributed by atoms with van der Waals surface area (Å²) in [4.78, 5) is 36.2. The third-order valence-corrected chi connectivity index (χ3v) is 6.48. The molecule has 5 rings (SSSR count). The molecule has 4 bridgehead atoms. The molecule has 29 heavy (non-hydrogen) atoms. The van der Waals surface area contributed by atoms with Crippen LogP contribution in [0.2, 0.25) is 0 Å². The molecule has 8 heteroatoms. The van der Waals surface area contributed by atoms with Crippen LogP contribution in [-0.4, -0.2) is 37.1 Å². The summed E-state index contributed by atoms with van der Waals surface area (Å²) in [5.41, 5.74) is 5.29. The largest absolute Gasteiger partial charge is 0.497 e. The molecule has 4 saturated carbocycles. The first-order valence-corrected chi connectivity index (χ1v) is 10.1. The van der Waals surface area contributed by atoms with Gasteiger partial charge in [-0.15, -0.1) is 0 Å². The first-order valence-electron chi connectivity index (χ1n) is 10.1. The third kappa shape index (κ3) is 4.16. The summed E-state index contributed by atoms with van der Waals surface area (Å²) in [6.45, 7) is -0.402. The molecule has 0 aromatic heterocycles. The van der Waals surface area contributed by atoms with E-state index in [4.69, 9.17) is 15.2 Å². The number of amides is 4. The topological polar surface area (TPSA) is 120 Å². The van der Waals surface area contributed by atoms with Gasteiger partial charge in [-0.05, 0) is 74.5 Å². The SMILES string of the molecule is COc1ccc(OCC(=O)NC(=O)NC23CC4CC(CC(C4)C2)C3)c(C(N)=O)c1. The van der Waals surface area contributed by atoms with Gasteiger partial charge in [0, 0.05) is 5.54 Å². The Balaban J connectivity index is 1.31. The Hall–Kier alpha value is -2.77. The summed E-state index contributed by atoms with van der Waals surface area (Å²) >= 11 is 0. The number of methoxy groups -OCH3 is 1. The first kappa shape index (κ1) is 19.5. The fourth-order valence-electron chi connectivity index (χ4n) is 5.80. The normalized spacial score (nSPS) is 29.2.